The number of hydrogen-bond acceptors (Lipinski definition) is 7. The van der Waals surface area contributed by atoms with Crippen molar-refractivity contribution in [3.63, 3.8) is 0 Å². The summed E-state index contributed by atoms with van der Waals surface area (Å²) in [6.45, 7) is 7.77. The average Bonchev–Trinajstić information content (AvgIpc) is 3.78. The lowest BCUT2D eigenvalue weighted by atomic mass is 9.93. The first-order valence-corrected chi connectivity index (χ1v) is 18.6. The second-order valence-electron chi connectivity index (χ2n) is 13.2. The molecule has 2 aromatic heterocycles. The van der Waals surface area contributed by atoms with Gasteiger partial charge in [-0.2, -0.15) is 10.2 Å². The van der Waals surface area contributed by atoms with Crippen molar-refractivity contribution in [1.29, 1.82) is 0 Å². The van der Waals surface area contributed by atoms with E-state index in [4.69, 9.17) is 5.10 Å². The fourth-order valence-electron chi connectivity index (χ4n) is 6.48. The quantitative estimate of drug-likeness (QED) is 0.117. The maximum atomic E-state index is 14.6. The van der Waals surface area contributed by atoms with E-state index in [0.717, 1.165) is 64.3 Å². The number of anilines is 1. The molecule has 6 rings (SSSR count). The molecular weight excluding hydrogens is 659 g/mol. The number of rotatable bonds is 14. The van der Waals surface area contributed by atoms with Gasteiger partial charge >= 0.3 is 0 Å². The van der Waals surface area contributed by atoms with Gasteiger partial charge in [-0.05, 0) is 91.7 Å². The molecule has 1 aliphatic rings. The number of fused-ring (bicyclic) bond motifs is 1. The monoisotopic (exact) mass is 705 g/mol. The highest BCUT2D eigenvalue weighted by Gasteiger charge is 2.32. The average molecular weight is 706 g/mol. The van der Waals surface area contributed by atoms with Gasteiger partial charge in [0.05, 0.1) is 29.6 Å². The molecule has 266 valence electrons. The highest BCUT2D eigenvalue weighted by molar-refractivity contribution is 8.00. The lowest BCUT2D eigenvalue weighted by Gasteiger charge is -2.36. The predicted octanol–water partition coefficient (Wildman–Crippen LogP) is 7.30. The second-order valence-corrected chi connectivity index (χ2v) is 14.0. The lowest BCUT2D eigenvalue weighted by molar-refractivity contribution is 0.0544. The summed E-state index contributed by atoms with van der Waals surface area (Å²) < 4.78 is 6.91. The zero-order chi connectivity index (χ0) is 35.9. The van der Waals surface area contributed by atoms with Gasteiger partial charge in [-0.3, -0.25) is 14.3 Å². The number of nitrogens with zero attached hydrogens (tertiary/aromatic N) is 6. The molecule has 3 heterocycles. The van der Waals surface area contributed by atoms with E-state index in [1.807, 2.05) is 97.9 Å². The van der Waals surface area contributed by atoms with Crippen LogP contribution in [-0.2, 0) is 20.0 Å². The van der Waals surface area contributed by atoms with Crippen molar-refractivity contribution in [3.8, 4) is 16.9 Å². The molecule has 51 heavy (non-hydrogen) atoms. The summed E-state index contributed by atoms with van der Waals surface area (Å²) in [5.74, 6) is -0.300. The van der Waals surface area contributed by atoms with E-state index in [9.17, 15) is 14.7 Å². The highest BCUT2D eigenvalue weighted by atomic mass is 32.2. The van der Waals surface area contributed by atoms with Gasteiger partial charge in [-0.1, -0.05) is 63.1 Å². The smallest absolute Gasteiger partial charge is 0.274 e. The van der Waals surface area contributed by atoms with E-state index < -0.39 is 0 Å². The van der Waals surface area contributed by atoms with Crippen LogP contribution in [0.25, 0.3) is 16.9 Å². The van der Waals surface area contributed by atoms with Crippen LogP contribution >= 0.6 is 11.9 Å². The Morgan fingerprint density at radius 3 is 2.33 bits per heavy atom. The summed E-state index contributed by atoms with van der Waals surface area (Å²) >= 11 is 1.45. The zero-order valence-corrected chi connectivity index (χ0v) is 30.7. The van der Waals surface area contributed by atoms with E-state index in [-0.39, 0.29) is 24.5 Å². The van der Waals surface area contributed by atoms with Crippen molar-refractivity contribution >= 4 is 29.4 Å². The highest BCUT2D eigenvalue weighted by Crippen LogP contribution is 2.31. The minimum atomic E-state index is -0.370. The summed E-state index contributed by atoms with van der Waals surface area (Å²) in [6.07, 6.45) is 6.35. The Morgan fingerprint density at radius 1 is 0.941 bits per heavy atom. The summed E-state index contributed by atoms with van der Waals surface area (Å²) in [5.41, 5.74) is 7.03. The third-order valence-electron chi connectivity index (χ3n) is 9.39. The van der Waals surface area contributed by atoms with Crippen molar-refractivity contribution in [2.24, 2.45) is 7.05 Å². The van der Waals surface area contributed by atoms with Crippen LogP contribution in [0, 0.1) is 6.92 Å². The number of carbonyl (C=O) groups is 2. The maximum absolute atomic E-state index is 14.6. The summed E-state index contributed by atoms with van der Waals surface area (Å²) in [7, 11) is 1.90. The Morgan fingerprint density at radius 2 is 1.67 bits per heavy atom. The van der Waals surface area contributed by atoms with Gasteiger partial charge in [0.25, 0.3) is 11.8 Å². The molecule has 0 saturated heterocycles. The van der Waals surface area contributed by atoms with E-state index in [1.54, 1.807) is 14.3 Å². The molecule has 1 aliphatic heterocycles. The number of aromatic nitrogens is 4. The molecule has 1 atom stereocenters. The van der Waals surface area contributed by atoms with E-state index >= 15 is 0 Å². The SMILES string of the molecule is CCCCN(CCCC)C(=O)c1cc(C)n(-c2ccc(NSc3ccc(-c4ccn(C)n4)cc3)cc2C(=O)N2Cc3ccccc3CC2CO)n1. The summed E-state index contributed by atoms with van der Waals surface area (Å²) in [6, 6.07) is 25.3. The van der Waals surface area contributed by atoms with Gasteiger partial charge in [0.15, 0.2) is 5.69 Å². The molecule has 2 amide bonds. The number of aliphatic hydroxyl groups is 1. The standard InChI is InChI=1S/C40H47N7O3S/c1-5-7-20-45(21-8-6-2)40(50)37-23-28(3)47(42-37)38-18-15-32(43-51-34-16-13-29(14-17-34)36-19-22-44(4)41-36)25-35(38)39(49)46-26-31-12-10-9-11-30(31)24-33(46)27-48/h9-19,22-23,25,33,43,48H,5-8,20-21,24,26-27H2,1-4H3. The van der Waals surface area contributed by atoms with Gasteiger partial charge in [0, 0.05) is 54.7 Å². The lowest BCUT2D eigenvalue weighted by Crippen LogP contribution is -2.46. The Labute approximate surface area is 304 Å². The van der Waals surface area contributed by atoms with E-state index in [2.05, 4.69) is 29.7 Å². The predicted molar refractivity (Wildman–Crippen MR) is 203 cm³/mol. The van der Waals surface area contributed by atoms with Crippen molar-refractivity contribution in [2.75, 3.05) is 24.4 Å². The number of nitrogens with one attached hydrogen (secondary N) is 1. The van der Waals surface area contributed by atoms with E-state index in [0.29, 0.717) is 43.0 Å². The number of benzene rings is 3. The first kappa shape index (κ1) is 35.9. The van der Waals surface area contributed by atoms with Gasteiger partial charge in [-0.25, -0.2) is 4.68 Å². The van der Waals surface area contributed by atoms with Crippen LogP contribution in [-0.4, -0.2) is 72.0 Å². The van der Waals surface area contributed by atoms with Crippen molar-refractivity contribution < 1.29 is 14.7 Å². The van der Waals surface area contributed by atoms with Crippen LogP contribution in [0.5, 0.6) is 0 Å². The van der Waals surface area contributed by atoms with Gasteiger partial charge in [0.2, 0.25) is 0 Å². The van der Waals surface area contributed by atoms with Crippen LogP contribution in [0.3, 0.4) is 0 Å². The molecule has 0 radical (unpaired) electrons. The Kier molecular flexibility index (Phi) is 11.6. The van der Waals surface area contributed by atoms with Gasteiger partial charge in [0.1, 0.15) is 0 Å². The summed E-state index contributed by atoms with van der Waals surface area (Å²) in [5, 5.41) is 19.7. The third kappa shape index (κ3) is 8.21. The molecule has 0 fully saturated rings. The maximum Gasteiger partial charge on any atom is 0.274 e. The number of amides is 2. The molecule has 0 spiro atoms. The third-order valence-corrected chi connectivity index (χ3v) is 10.2. The number of carbonyl (C=O) groups excluding carboxylic acids is 2. The first-order valence-electron chi connectivity index (χ1n) is 17.8. The Bertz CT molecular complexity index is 1960. The first-order chi connectivity index (χ1) is 24.8. The number of hydrogen-bond donors (Lipinski definition) is 2. The topological polar surface area (TPSA) is 109 Å². The fraction of sp³-hybridized carbons (Fsp3) is 0.350. The Balaban J connectivity index is 1.32. The van der Waals surface area contributed by atoms with Crippen LogP contribution in [0.2, 0.25) is 0 Å². The zero-order valence-electron chi connectivity index (χ0n) is 29.9. The largest absolute Gasteiger partial charge is 0.394 e. The molecule has 0 bridgehead atoms. The molecule has 0 saturated carbocycles. The van der Waals surface area contributed by atoms with Gasteiger partial charge < -0.3 is 19.6 Å². The molecular formula is C40H47N7O3S. The van der Waals surface area contributed by atoms with Gasteiger partial charge in [-0.15, -0.1) is 0 Å². The minimum absolute atomic E-state index is 0.0941. The Hall–Kier alpha value is -4.87. The second kappa shape index (κ2) is 16.4. The van der Waals surface area contributed by atoms with Crippen molar-refractivity contribution in [1.82, 2.24) is 29.4 Å². The van der Waals surface area contributed by atoms with Crippen LogP contribution in [0.4, 0.5) is 5.69 Å². The minimum Gasteiger partial charge on any atom is -0.394 e. The molecule has 1 unspecified atom stereocenters. The molecule has 3 aromatic carbocycles. The van der Waals surface area contributed by atoms with Crippen LogP contribution < -0.4 is 4.72 Å². The normalized spacial score (nSPS) is 14.0. The fourth-order valence-corrected chi connectivity index (χ4v) is 7.11. The van der Waals surface area contributed by atoms with Crippen molar-refractivity contribution in [3.05, 3.63) is 113 Å². The summed E-state index contributed by atoms with van der Waals surface area (Å²) in [4.78, 5) is 33.0. The number of aliphatic hydroxyl groups excluding tert-OH is 1. The van der Waals surface area contributed by atoms with Crippen LogP contribution in [0.15, 0.2) is 90.0 Å². The van der Waals surface area contributed by atoms with Crippen molar-refractivity contribution in [2.45, 2.75) is 70.4 Å². The molecule has 2 N–H and O–H groups in total. The molecule has 10 nitrogen and oxygen atoms in total. The number of aryl methyl sites for hydroxylation is 2. The van der Waals surface area contributed by atoms with Crippen LogP contribution in [0.1, 0.15) is 77.2 Å². The number of unbranched alkanes of at least 4 members (excludes halogenated alkanes) is 2. The molecule has 5 aromatic rings. The van der Waals surface area contributed by atoms with E-state index in [1.165, 1.54) is 11.9 Å². The molecule has 0 aliphatic carbocycles. The molecule has 11 heteroatoms.